The van der Waals surface area contributed by atoms with E-state index < -0.39 is 0 Å². The molecule has 0 radical (unpaired) electrons. The fourth-order valence-electron chi connectivity index (χ4n) is 2.69. The third-order valence-electron chi connectivity index (χ3n) is 3.92. The first-order chi connectivity index (χ1) is 9.65. The molecule has 0 unspecified atom stereocenters. The molecule has 1 aromatic carbocycles. The van der Waals surface area contributed by atoms with Crippen LogP contribution in [0.3, 0.4) is 0 Å². The van der Waals surface area contributed by atoms with Gasteiger partial charge in [-0.2, -0.15) is 0 Å². The van der Waals surface area contributed by atoms with Crippen molar-refractivity contribution >= 4 is 41.6 Å². The second-order valence-electron chi connectivity index (χ2n) is 5.46. The molecule has 0 bridgehead atoms. The fraction of sp³-hybridized carbons (Fsp3) is 0.375. The number of piperidine rings is 1. The average Bonchev–Trinajstić information content (AvgIpc) is 2.46. The van der Waals surface area contributed by atoms with Crippen LogP contribution in [0.15, 0.2) is 30.3 Å². The molecule has 2 N–H and O–H groups in total. The summed E-state index contributed by atoms with van der Waals surface area (Å²) in [4.78, 5) is 19.1. The Morgan fingerprint density at radius 1 is 1.18 bits per heavy atom. The van der Waals surface area contributed by atoms with Crippen LogP contribution in [-0.2, 0) is 0 Å². The van der Waals surface area contributed by atoms with Crippen molar-refractivity contribution in [3.05, 3.63) is 41.6 Å². The summed E-state index contributed by atoms with van der Waals surface area (Å²) in [6.07, 6.45) is 1.76. The average molecular weight is 342 g/mol. The molecule has 1 fully saturated rings. The zero-order chi connectivity index (χ0) is 14.1. The Kier molecular flexibility index (Phi) is 6.60. The molecule has 0 spiro atoms. The van der Waals surface area contributed by atoms with Crippen LogP contribution in [0.5, 0.6) is 0 Å². The van der Waals surface area contributed by atoms with Crippen LogP contribution in [0.1, 0.15) is 28.9 Å². The van der Waals surface area contributed by atoms with E-state index in [1.807, 2.05) is 42.2 Å². The number of aromatic nitrogens is 1. The molecule has 1 aliphatic heterocycles. The first-order valence-electron chi connectivity index (χ1n) is 7.06. The van der Waals surface area contributed by atoms with Crippen molar-refractivity contribution in [1.29, 1.82) is 0 Å². The summed E-state index contributed by atoms with van der Waals surface area (Å²) in [6, 6.07) is 9.99. The molecule has 2 aromatic rings. The van der Waals surface area contributed by atoms with Crippen molar-refractivity contribution in [3.63, 3.8) is 0 Å². The minimum Gasteiger partial charge on any atom is -0.338 e. The van der Waals surface area contributed by atoms with Crippen molar-refractivity contribution in [2.45, 2.75) is 25.8 Å². The number of amides is 1. The first-order valence-corrected chi connectivity index (χ1v) is 7.06. The highest BCUT2D eigenvalue weighted by atomic mass is 35.5. The molecule has 1 aliphatic rings. The Labute approximate surface area is 142 Å². The monoisotopic (exact) mass is 341 g/mol. The molecule has 1 saturated heterocycles. The Morgan fingerprint density at radius 2 is 1.86 bits per heavy atom. The van der Waals surface area contributed by atoms with Crippen LogP contribution in [0, 0.1) is 6.92 Å². The number of hydrogen-bond donors (Lipinski definition) is 1. The Hall–Kier alpha value is -1.36. The zero-order valence-corrected chi connectivity index (χ0v) is 14.1. The maximum Gasteiger partial charge on any atom is 0.256 e. The summed E-state index contributed by atoms with van der Waals surface area (Å²) in [5.74, 6) is 0.0700. The number of hydrogen-bond acceptors (Lipinski definition) is 3. The predicted octanol–water partition coefficient (Wildman–Crippen LogP) is 2.95. The number of pyridine rings is 1. The van der Waals surface area contributed by atoms with Gasteiger partial charge >= 0.3 is 0 Å². The van der Waals surface area contributed by atoms with E-state index in [0.717, 1.165) is 42.5 Å². The molecule has 1 aromatic heterocycles. The number of halogens is 2. The topological polar surface area (TPSA) is 59.2 Å². The standard InChI is InChI=1S/C16H19N3O.2ClH/c1-11-5-6-12-3-2-4-14(15(12)18-11)16(20)19-9-7-13(17)8-10-19;;/h2-6,13H,7-10,17H2,1H3;2*1H. The van der Waals surface area contributed by atoms with E-state index in [-0.39, 0.29) is 36.8 Å². The summed E-state index contributed by atoms with van der Waals surface area (Å²) in [5, 5.41) is 1.01. The van der Waals surface area contributed by atoms with Gasteiger partial charge in [-0.3, -0.25) is 9.78 Å². The van der Waals surface area contributed by atoms with Gasteiger partial charge < -0.3 is 10.6 Å². The number of carbonyl (C=O) groups excluding carboxylic acids is 1. The number of aryl methyl sites for hydroxylation is 1. The van der Waals surface area contributed by atoms with Gasteiger partial charge in [-0.25, -0.2) is 0 Å². The first kappa shape index (κ1) is 18.7. The number of carbonyl (C=O) groups is 1. The maximum absolute atomic E-state index is 12.7. The lowest BCUT2D eigenvalue weighted by atomic mass is 10.0. The molecule has 3 rings (SSSR count). The molecule has 1 amide bonds. The Morgan fingerprint density at radius 3 is 2.55 bits per heavy atom. The van der Waals surface area contributed by atoms with Gasteiger partial charge in [0.05, 0.1) is 11.1 Å². The number of para-hydroxylation sites is 1. The van der Waals surface area contributed by atoms with Gasteiger partial charge in [0.1, 0.15) is 0 Å². The van der Waals surface area contributed by atoms with Crippen LogP contribution in [0.4, 0.5) is 0 Å². The highest BCUT2D eigenvalue weighted by Crippen LogP contribution is 2.20. The normalized spacial score (nSPS) is 15.1. The molecule has 120 valence electrons. The lowest BCUT2D eigenvalue weighted by molar-refractivity contribution is 0.0716. The van der Waals surface area contributed by atoms with E-state index in [4.69, 9.17) is 5.73 Å². The van der Waals surface area contributed by atoms with Crippen molar-refractivity contribution in [3.8, 4) is 0 Å². The van der Waals surface area contributed by atoms with Gasteiger partial charge in [-0.05, 0) is 31.9 Å². The van der Waals surface area contributed by atoms with Crippen LogP contribution in [-0.4, -0.2) is 34.9 Å². The number of fused-ring (bicyclic) bond motifs is 1. The van der Waals surface area contributed by atoms with E-state index in [9.17, 15) is 4.79 Å². The largest absolute Gasteiger partial charge is 0.338 e. The van der Waals surface area contributed by atoms with Gasteiger partial charge in [0.25, 0.3) is 5.91 Å². The SMILES string of the molecule is Cc1ccc2cccc(C(=O)N3CCC(N)CC3)c2n1.Cl.Cl. The van der Waals surface area contributed by atoms with Gasteiger partial charge in [-0.15, -0.1) is 24.8 Å². The molecule has 22 heavy (non-hydrogen) atoms. The maximum atomic E-state index is 12.7. The molecular weight excluding hydrogens is 321 g/mol. The number of benzene rings is 1. The summed E-state index contributed by atoms with van der Waals surface area (Å²) in [7, 11) is 0. The van der Waals surface area contributed by atoms with E-state index in [1.54, 1.807) is 0 Å². The van der Waals surface area contributed by atoms with E-state index >= 15 is 0 Å². The number of nitrogens with zero attached hydrogens (tertiary/aromatic N) is 2. The fourth-order valence-corrected chi connectivity index (χ4v) is 2.69. The second kappa shape index (κ2) is 7.77. The summed E-state index contributed by atoms with van der Waals surface area (Å²) in [6.45, 7) is 3.42. The highest BCUT2D eigenvalue weighted by molar-refractivity contribution is 6.05. The van der Waals surface area contributed by atoms with Crippen molar-refractivity contribution in [2.75, 3.05) is 13.1 Å². The molecule has 2 heterocycles. The van der Waals surface area contributed by atoms with Gasteiger partial charge in [0.15, 0.2) is 0 Å². The summed E-state index contributed by atoms with van der Waals surface area (Å²) >= 11 is 0. The quantitative estimate of drug-likeness (QED) is 0.867. The lowest BCUT2D eigenvalue weighted by Crippen LogP contribution is -2.42. The predicted molar refractivity (Wildman–Crippen MR) is 94.1 cm³/mol. The molecule has 0 aliphatic carbocycles. The minimum absolute atomic E-state index is 0. The summed E-state index contributed by atoms with van der Waals surface area (Å²) < 4.78 is 0. The third kappa shape index (κ3) is 3.69. The Balaban J connectivity index is 0.00000121. The highest BCUT2D eigenvalue weighted by Gasteiger charge is 2.23. The van der Waals surface area contributed by atoms with Crippen LogP contribution < -0.4 is 5.73 Å². The number of likely N-dealkylation sites (tertiary alicyclic amines) is 1. The van der Waals surface area contributed by atoms with Gasteiger partial charge in [0.2, 0.25) is 0 Å². The van der Waals surface area contributed by atoms with E-state index in [0.29, 0.717) is 5.56 Å². The molecule has 0 saturated carbocycles. The minimum atomic E-state index is 0. The molecule has 6 heteroatoms. The lowest BCUT2D eigenvalue weighted by Gasteiger charge is -2.30. The Bertz CT molecular complexity index is 655. The second-order valence-corrected chi connectivity index (χ2v) is 5.46. The smallest absolute Gasteiger partial charge is 0.256 e. The van der Waals surface area contributed by atoms with Crippen LogP contribution in [0.25, 0.3) is 10.9 Å². The van der Waals surface area contributed by atoms with E-state index in [2.05, 4.69) is 4.98 Å². The number of nitrogens with two attached hydrogens (primary N) is 1. The zero-order valence-electron chi connectivity index (χ0n) is 12.5. The van der Waals surface area contributed by atoms with Crippen molar-refractivity contribution in [1.82, 2.24) is 9.88 Å². The number of rotatable bonds is 1. The van der Waals surface area contributed by atoms with Crippen molar-refractivity contribution in [2.24, 2.45) is 5.73 Å². The van der Waals surface area contributed by atoms with Gasteiger partial charge in [-0.1, -0.05) is 18.2 Å². The van der Waals surface area contributed by atoms with Crippen LogP contribution >= 0.6 is 24.8 Å². The van der Waals surface area contributed by atoms with Crippen molar-refractivity contribution < 1.29 is 4.79 Å². The molecule has 4 nitrogen and oxygen atoms in total. The third-order valence-corrected chi connectivity index (χ3v) is 3.92. The van der Waals surface area contributed by atoms with Gasteiger partial charge in [0, 0.05) is 30.2 Å². The molecule has 0 atom stereocenters. The summed E-state index contributed by atoms with van der Waals surface area (Å²) in [5.41, 5.74) is 8.32. The van der Waals surface area contributed by atoms with E-state index in [1.165, 1.54) is 0 Å². The van der Waals surface area contributed by atoms with Crippen LogP contribution in [0.2, 0.25) is 0 Å². The molecular formula is C16H21Cl2N3O.